The maximum absolute atomic E-state index is 8.76. The van der Waals surface area contributed by atoms with Gasteiger partial charge in [0.25, 0.3) is 0 Å². The van der Waals surface area contributed by atoms with Gasteiger partial charge in [-0.05, 0) is 38.2 Å². The highest BCUT2D eigenvalue weighted by Gasteiger charge is 2.04. The first-order chi connectivity index (χ1) is 10.2. The molecule has 1 N–H and O–H groups in total. The van der Waals surface area contributed by atoms with Crippen LogP contribution in [0.15, 0.2) is 24.3 Å². The van der Waals surface area contributed by atoms with Gasteiger partial charge in [0, 0.05) is 25.1 Å². The predicted molar refractivity (Wildman–Crippen MR) is 82.8 cm³/mol. The second-order valence-electron chi connectivity index (χ2n) is 4.94. The Bertz CT molecular complexity index is 508. The monoisotopic (exact) mass is 286 g/mol. The van der Waals surface area contributed by atoms with Crippen molar-refractivity contribution in [3.8, 4) is 23.7 Å². The van der Waals surface area contributed by atoms with Crippen LogP contribution in [-0.2, 0) is 0 Å². The molecule has 21 heavy (non-hydrogen) atoms. The molecular weight excluding hydrogens is 264 g/mol. The summed E-state index contributed by atoms with van der Waals surface area (Å²) in [6, 6.07) is 9.81. The quantitative estimate of drug-likeness (QED) is 0.778. The molecule has 0 saturated carbocycles. The highest BCUT2D eigenvalue weighted by molar-refractivity contribution is 5.38. The summed E-state index contributed by atoms with van der Waals surface area (Å²) in [5.74, 6) is 6.69. The average molecular weight is 286 g/mol. The number of aliphatic hydroxyl groups excluding tert-OH is 1. The number of nitrogens with zero attached hydrogens (tertiary/aromatic N) is 2. The van der Waals surface area contributed by atoms with Gasteiger partial charge in [-0.2, -0.15) is 5.26 Å². The lowest BCUT2D eigenvalue weighted by Gasteiger charge is -2.17. The van der Waals surface area contributed by atoms with Gasteiger partial charge in [0.2, 0.25) is 0 Å². The van der Waals surface area contributed by atoms with Crippen LogP contribution in [0.4, 0.5) is 0 Å². The molecule has 0 saturated heterocycles. The minimum atomic E-state index is 0.0341. The third-order valence-corrected chi connectivity index (χ3v) is 2.87. The maximum Gasteiger partial charge on any atom is 0.119 e. The van der Waals surface area contributed by atoms with Gasteiger partial charge >= 0.3 is 0 Å². The molecule has 0 bridgehead atoms. The van der Waals surface area contributed by atoms with Crippen molar-refractivity contribution < 1.29 is 9.84 Å². The van der Waals surface area contributed by atoms with E-state index in [0.29, 0.717) is 13.0 Å². The molecule has 1 aromatic rings. The van der Waals surface area contributed by atoms with Crippen molar-refractivity contribution in [2.45, 2.75) is 13.3 Å². The van der Waals surface area contributed by atoms with Crippen LogP contribution in [0, 0.1) is 29.1 Å². The first-order valence-electron chi connectivity index (χ1n) is 7.06. The normalized spacial score (nSPS) is 11.4. The number of hydrogen-bond acceptors (Lipinski definition) is 4. The summed E-state index contributed by atoms with van der Waals surface area (Å²) in [5.41, 5.74) is 0.913. The van der Waals surface area contributed by atoms with Gasteiger partial charge in [-0.1, -0.05) is 11.8 Å². The highest BCUT2D eigenvalue weighted by Crippen LogP contribution is 2.11. The van der Waals surface area contributed by atoms with Gasteiger partial charge < -0.3 is 14.7 Å². The van der Waals surface area contributed by atoms with Crippen molar-refractivity contribution in [3.63, 3.8) is 0 Å². The fourth-order valence-corrected chi connectivity index (χ4v) is 1.77. The van der Waals surface area contributed by atoms with Gasteiger partial charge in [-0.25, -0.2) is 0 Å². The minimum absolute atomic E-state index is 0.0341. The number of aliphatic hydroxyl groups is 1. The first kappa shape index (κ1) is 17.0. The van der Waals surface area contributed by atoms with Gasteiger partial charge in [0.15, 0.2) is 0 Å². The van der Waals surface area contributed by atoms with Gasteiger partial charge in [-0.3, -0.25) is 0 Å². The van der Waals surface area contributed by atoms with Gasteiger partial charge in [0.1, 0.15) is 12.4 Å². The van der Waals surface area contributed by atoms with E-state index >= 15 is 0 Å². The zero-order chi connectivity index (χ0) is 15.5. The van der Waals surface area contributed by atoms with Crippen molar-refractivity contribution in [2.75, 3.05) is 33.4 Å². The van der Waals surface area contributed by atoms with Crippen LogP contribution in [0.3, 0.4) is 0 Å². The molecule has 0 amide bonds. The Hall–Kier alpha value is -2.01. The largest absolute Gasteiger partial charge is 0.492 e. The zero-order valence-electron chi connectivity index (χ0n) is 12.7. The fourth-order valence-electron chi connectivity index (χ4n) is 1.77. The van der Waals surface area contributed by atoms with Crippen molar-refractivity contribution in [2.24, 2.45) is 5.92 Å². The second-order valence-corrected chi connectivity index (χ2v) is 4.94. The van der Waals surface area contributed by atoms with Crippen molar-refractivity contribution in [3.05, 3.63) is 29.8 Å². The summed E-state index contributed by atoms with van der Waals surface area (Å²) >= 11 is 0. The van der Waals surface area contributed by atoms with E-state index in [-0.39, 0.29) is 12.5 Å². The van der Waals surface area contributed by atoms with E-state index in [4.69, 9.17) is 15.1 Å². The molecule has 0 spiro atoms. The van der Waals surface area contributed by atoms with E-state index in [1.807, 2.05) is 38.2 Å². The Morgan fingerprint density at radius 3 is 2.67 bits per heavy atom. The van der Waals surface area contributed by atoms with Crippen molar-refractivity contribution in [1.82, 2.24) is 4.90 Å². The number of rotatable bonds is 7. The summed E-state index contributed by atoms with van der Waals surface area (Å²) in [4.78, 5) is 2.09. The fraction of sp³-hybridized carbons (Fsp3) is 0.471. The molecule has 4 heteroatoms. The number of hydrogen-bond donors (Lipinski definition) is 1. The number of likely N-dealkylation sites (N-methyl/N-ethyl adjacent to an activating group) is 1. The molecule has 0 heterocycles. The van der Waals surface area contributed by atoms with Crippen LogP contribution >= 0.6 is 0 Å². The summed E-state index contributed by atoms with van der Waals surface area (Å²) in [6.45, 7) is 4.12. The molecule has 1 aromatic carbocycles. The Morgan fingerprint density at radius 1 is 1.33 bits per heavy atom. The van der Waals surface area contributed by atoms with E-state index in [2.05, 4.69) is 22.8 Å². The summed E-state index contributed by atoms with van der Waals surface area (Å²) in [6.07, 6.45) is 0.492. The second kappa shape index (κ2) is 9.83. The highest BCUT2D eigenvalue weighted by atomic mass is 16.5. The Labute approximate surface area is 127 Å². The summed E-state index contributed by atoms with van der Waals surface area (Å²) in [5, 5.41) is 17.4. The van der Waals surface area contributed by atoms with Crippen LogP contribution < -0.4 is 4.74 Å². The van der Waals surface area contributed by atoms with E-state index < -0.39 is 0 Å². The average Bonchev–Trinajstić information content (AvgIpc) is 2.49. The van der Waals surface area contributed by atoms with Crippen LogP contribution in [0.5, 0.6) is 5.75 Å². The van der Waals surface area contributed by atoms with Gasteiger partial charge in [0.05, 0.1) is 18.6 Å². The molecule has 1 atom stereocenters. The molecule has 1 rings (SSSR count). The van der Waals surface area contributed by atoms with Crippen molar-refractivity contribution >= 4 is 0 Å². The molecule has 0 aromatic heterocycles. The lowest BCUT2D eigenvalue weighted by molar-refractivity contribution is 0.228. The molecule has 0 aliphatic heterocycles. The molecule has 0 aliphatic carbocycles. The Kier molecular flexibility index (Phi) is 7.97. The molecule has 112 valence electrons. The zero-order valence-corrected chi connectivity index (χ0v) is 12.7. The van der Waals surface area contributed by atoms with E-state index in [0.717, 1.165) is 24.4 Å². The molecule has 4 nitrogen and oxygen atoms in total. The standard InChI is InChI=1S/C17H22N2O2/c1-15(13-18)14-19(2)10-12-21-17-8-6-16(7-9-17)5-3-4-11-20/h6-9,15,20H,4,10-12,14H2,1-2H3. The third-order valence-electron chi connectivity index (χ3n) is 2.87. The number of benzene rings is 1. The molecule has 0 radical (unpaired) electrons. The molecule has 0 fully saturated rings. The topological polar surface area (TPSA) is 56.5 Å². The Morgan fingerprint density at radius 2 is 2.05 bits per heavy atom. The Balaban J connectivity index is 2.33. The van der Waals surface area contributed by atoms with E-state index in [9.17, 15) is 0 Å². The first-order valence-corrected chi connectivity index (χ1v) is 7.06. The number of nitriles is 1. The van der Waals surface area contributed by atoms with Crippen LogP contribution in [0.25, 0.3) is 0 Å². The summed E-state index contributed by atoms with van der Waals surface area (Å²) in [7, 11) is 1.98. The SMILES string of the molecule is CC(C#N)CN(C)CCOc1ccc(C#CCCO)cc1. The smallest absolute Gasteiger partial charge is 0.119 e. The van der Waals surface area contributed by atoms with Gasteiger partial charge in [-0.15, -0.1) is 0 Å². The molecule has 1 unspecified atom stereocenters. The minimum Gasteiger partial charge on any atom is -0.492 e. The van der Waals surface area contributed by atoms with Crippen LogP contribution in [0.1, 0.15) is 18.9 Å². The lowest BCUT2D eigenvalue weighted by atomic mass is 10.2. The lowest BCUT2D eigenvalue weighted by Crippen LogP contribution is -2.28. The maximum atomic E-state index is 8.76. The summed E-state index contributed by atoms with van der Waals surface area (Å²) < 4.78 is 5.66. The molecule has 0 aliphatic rings. The third kappa shape index (κ3) is 7.37. The molecular formula is C17H22N2O2. The van der Waals surface area contributed by atoms with E-state index in [1.165, 1.54) is 0 Å². The van der Waals surface area contributed by atoms with Crippen LogP contribution in [0.2, 0.25) is 0 Å². The van der Waals surface area contributed by atoms with Crippen molar-refractivity contribution in [1.29, 1.82) is 5.26 Å². The predicted octanol–water partition coefficient (Wildman–Crippen LogP) is 1.89. The van der Waals surface area contributed by atoms with E-state index in [1.54, 1.807) is 0 Å². The number of ether oxygens (including phenoxy) is 1. The van der Waals surface area contributed by atoms with Crippen LogP contribution in [-0.4, -0.2) is 43.4 Å².